The first-order valence-electron chi connectivity index (χ1n) is 4.39. The Morgan fingerprint density at radius 1 is 1.54 bits per heavy atom. The number of rotatable bonds is 4. The first-order valence-corrected chi connectivity index (χ1v) is 4.39. The molecule has 13 heavy (non-hydrogen) atoms. The number of hydrogen-bond donors (Lipinski definition) is 1. The Balaban J connectivity index is 2.56. The second-order valence-electron chi connectivity index (χ2n) is 2.88. The van der Waals surface area contributed by atoms with E-state index in [4.69, 9.17) is 10.5 Å². The van der Waals surface area contributed by atoms with Crippen LogP contribution in [0.2, 0.25) is 0 Å². The lowest BCUT2D eigenvalue weighted by atomic mass is 10.3. The van der Waals surface area contributed by atoms with E-state index in [9.17, 15) is 0 Å². The van der Waals surface area contributed by atoms with Gasteiger partial charge in [-0.15, -0.1) is 0 Å². The highest BCUT2D eigenvalue weighted by atomic mass is 16.5. The summed E-state index contributed by atoms with van der Waals surface area (Å²) in [4.78, 5) is 8.09. The predicted octanol–water partition coefficient (Wildman–Crippen LogP) is 1.29. The monoisotopic (exact) mass is 181 g/mol. The molecule has 0 unspecified atom stereocenters. The molecule has 72 valence electrons. The third-order valence-electron chi connectivity index (χ3n) is 1.62. The molecule has 0 aliphatic carbocycles. The first-order chi connectivity index (χ1) is 6.24. The molecule has 0 amide bonds. The zero-order chi connectivity index (χ0) is 9.68. The molecule has 1 aromatic heterocycles. The number of hydrogen-bond acceptors (Lipinski definition) is 4. The van der Waals surface area contributed by atoms with E-state index in [-0.39, 0.29) is 0 Å². The minimum Gasteiger partial charge on any atom is -0.383 e. The maximum absolute atomic E-state index is 5.67. The minimum atomic E-state index is 0.500. The van der Waals surface area contributed by atoms with E-state index in [1.807, 2.05) is 6.92 Å². The van der Waals surface area contributed by atoms with Gasteiger partial charge in [-0.25, -0.2) is 9.97 Å². The van der Waals surface area contributed by atoms with E-state index in [1.165, 1.54) is 0 Å². The molecule has 2 N–H and O–H groups in total. The van der Waals surface area contributed by atoms with Crippen molar-refractivity contribution in [3.8, 4) is 0 Å². The Bertz CT molecular complexity index is 276. The molecular weight excluding hydrogens is 166 g/mol. The van der Waals surface area contributed by atoms with Crippen LogP contribution in [0.5, 0.6) is 0 Å². The van der Waals surface area contributed by atoms with Gasteiger partial charge in [0.15, 0.2) is 0 Å². The zero-order valence-electron chi connectivity index (χ0n) is 8.08. The predicted molar refractivity (Wildman–Crippen MR) is 51.1 cm³/mol. The lowest BCUT2D eigenvalue weighted by Gasteiger charge is -2.05. The molecule has 0 spiro atoms. The van der Waals surface area contributed by atoms with Crippen LogP contribution in [0.3, 0.4) is 0 Å². The van der Waals surface area contributed by atoms with Gasteiger partial charge in [-0.3, -0.25) is 0 Å². The van der Waals surface area contributed by atoms with Crippen LogP contribution >= 0.6 is 0 Å². The molecule has 0 aromatic carbocycles. The van der Waals surface area contributed by atoms with Crippen molar-refractivity contribution >= 4 is 5.82 Å². The van der Waals surface area contributed by atoms with Crippen LogP contribution in [0.25, 0.3) is 0 Å². The molecule has 0 radical (unpaired) electrons. The van der Waals surface area contributed by atoms with Gasteiger partial charge in [0.05, 0.1) is 6.61 Å². The molecule has 0 saturated heterocycles. The molecule has 0 bridgehead atoms. The first kappa shape index (κ1) is 9.92. The third-order valence-corrected chi connectivity index (χ3v) is 1.62. The van der Waals surface area contributed by atoms with Crippen molar-refractivity contribution in [2.24, 2.45) is 0 Å². The second kappa shape index (κ2) is 4.77. The largest absolute Gasteiger partial charge is 0.383 e. The van der Waals surface area contributed by atoms with Gasteiger partial charge in [0, 0.05) is 18.4 Å². The highest BCUT2D eigenvalue weighted by Crippen LogP contribution is 2.08. The van der Waals surface area contributed by atoms with Crippen molar-refractivity contribution in [3.05, 3.63) is 17.6 Å². The maximum Gasteiger partial charge on any atom is 0.132 e. The lowest BCUT2D eigenvalue weighted by molar-refractivity contribution is 0.121. The molecule has 0 aliphatic rings. The number of anilines is 1. The van der Waals surface area contributed by atoms with Gasteiger partial charge >= 0.3 is 0 Å². The van der Waals surface area contributed by atoms with Gasteiger partial charge in [0.2, 0.25) is 0 Å². The van der Waals surface area contributed by atoms with Gasteiger partial charge in [0.25, 0.3) is 0 Å². The summed E-state index contributed by atoms with van der Waals surface area (Å²) in [5, 5.41) is 0. The summed E-state index contributed by atoms with van der Waals surface area (Å²) >= 11 is 0. The highest BCUT2D eigenvalue weighted by Gasteiger charge is 2.00. The molecule has 0 aliphatic heterocycles. The van der Waals surface area contributed by atoms with E-state index in [0.29, 0.717) is 18.2 Å². The summed E-state index contributed by atoms with van der Waals surface area (Å²) in [5.41, 5.74) is 6.53. The molecule has 0 saturated carbocycles. The molecular formula is C9H15N3O. The molecule has 1 heterocycles. The van der Waals surface area contributed by atoms with E-state index >= 15 is 0 Å². The summed E-state index contributed by atoms with van der Waals surface area (Å²) in [6, 6.07) is 0. The number of aryl methyl sites for hydroxylation is 1. The maximum atomic E-state index is 5.67. The fourth-order valence-corrected chi connectivity index (χ4v) is 0.950. The molecule has 1 aromatic rings. The van der Waals surface area contributed by atoms with Gasteiger partial charge < -0.3 is 10.5 Å². The molecule has 0 fully saturated rings. The molecule has 1 rings (SSSR count). The summed E-state index contributed by atoms with van der Waals surface area (Å²) in [7, 11) is 0. The van der Waals surface area contributed by atoms with Crippen molar-refractivity contribution in [1.82, 2.24) is 9.97 Å². The van der Waals surface area contributed by atoms with Crippen LogP contribution < -0.4 is 5.73 Å². The van der Waals surface area contributed by atoms with Crippen molar-refractivity contribution in [2.75, 3.05) is 12.3 Å². The zero-order valence-corrected chi connectivity index (χ0v) is 8.08. The molecule has 0 atom stereocenters. The Morgan fingerprint density at radius 3 is 2.92 bits per heavy atom. The molecule has 4 heteroatoms. The summed E-state index contributed by atoms with van der Waals surface area (Å²) in [6.45, 7) is 5.12. The van der Waals surface area contributed by atoms with E-state index in [2.05, 4.69) is 16.9 Å². The second-order valence-corrected chi connectivity index (χ2v) is 2.88. The smallest absolute Gasteiger partial charge is 0.132 e. The van der Waals surface area contributed by atoms with Crippen LogP contribution in [0.15, 0.2) is 6.20 Å². The summed E-state index contributed by atoms with van der Waals surface area (Å²) in [5.74, 6) is 1.21. The van der Waals surface area contributed by atoms with E-state index in [0.717, 1.165) is 18.6 Å². The van der Waals surface area contributed by atoms with Gasteiger partial charge in [0.1, 0.15) is 11.6 Å². The average Bonchev–Trinajstić information content (AvgIpc) is 2.09. The normalized spacial score (nSPS) is 10.3. The number of ether oxygens (including phenoxy) is 1. The van der Waals surface area contributed by atoms with E-state index < -0.39 is 0 Å². The Labute approximate surface area is 78.1 Å². The SMILES string of the molecule is CCCOCc1cnc(C)nc1N. The number of nitrogens with zero attached hydrogens (tertiary/aromatic N) is 2. The summed E-state index contributed by atoms with van der Waals surface area (Å²) in [6.07, 6.45) is 2.72. The van der Waals surface area contributed by atoms with Gasteiger partial charge in [-0.2, -0.15) is 0 Å². The average molecular weight is 181 g/mol. The van der Waals surface area contributed by atoms with Gasteiger partial charge in [-0.05, 0) is 13.3 Å². The fraction of sp³-hybridized carbons (Fsp3) is 0.556. The Morgan fingerprint density at radius 2 is 2.31 bits per heavy atom. The standard InChI is InChI=1S/C9H15N3O/c1-3-4-13-6-8-5-11-7(2)12-9(8)10/h5H,3-4,6H2,1-2H3,(H2,10,11,12). The topological polar surface area (TPSA) is 61.0 Å². The number of aromatic nitrogens is 2. The van der Waals surface area contributed by atoms with E-state index in [1.54, 1.807) is 6.20 Å². The van der Waals surface area contributed by atoms with Crippen LogP contribution in [-0.4, -0.2) is 16.6 Å². The fourth-order valence-electron chi connectivity index (χ4n) is 0.950. The Hall–Kier alpha value is -1.16. The minimum absolute atomic E-state index is 0.500. The van der Waals surface area contributed by atoms with Crippen LogP contribution in [0.4, 0.5) is 5.82 Å². The van der Waals surface area contributed by atoms with Gasteiger partial charge in [-0.1, -0.05) is 6.92 Å². The number of nitrogens with two attached hydrogens (primary N) is 1. The summed E-state index contributed by atoms with van der Waals surface area (Å²) < 4.78 is 5.33. The quantitative estimate of drug-likeness (QED) is 0.711. The lowest BCUT2D eigenvalue weighted by Crippen LogP contribution is -2.03. The van der Waals surface area contributed by atoms with Crippen molar-refractivity contribution in [3.63, 3.8) is 0 Å². The van der Waals surface area contributed by atoms with Crippen molar-refractivity contribution < 1.29 is 4.74 Å². The van der Waals surface area contributed by atoms with Crippen LogP contribution in [0, 0.1) is 6.92 Å². The third kappa shape index (κ3) is 2.99. The van der Waals surface area contributed by atoms with Crippen LogP contribution in [0.1, 0.15) is 24.7 Å². The highest BCUT2D eigenvalue weighted by molar-refractivity contribution is 5.36. The Kier molecular flexibility index (Phi) is 3.64. The van der Waals surface area contributed by atoms with Crippen LogP contribution in [-0.2, 0) is 11.3 Å². The molecule has 4 nitrogen and oxygen atoms in total. The number of nitrogen functional groups attached to an aromatic ring is 1. The van der Waals surface area contributed by atoms with Crippen molar-refractivity contribution in [1.29, 1.82) is 0 Å². The van der Waals surface area contributed by atoms with Crippen molar-refractivity contribution in [2.45, 2.75) is 26.9 Å².